The van der Waals surface area contributed by atoms with Gasteiger partial charge in [-0.1, -0.05) is 42.5 Å². The molecule has 0 aliphatic carbocycles. The van der Waals surface area contributed by atoms with Crippen LogP contribution in [0.15, 0.2) is 54.6 Å². The van der Waals surface area contributed by atoms with Crippen molar-refractivity contribution < 1.29 is 19.4 Å². The van der Waals surface area contributed by atoms with Gasteiger partial charge in [0.15, 0.2) is 0 Å². The molecule has 0 unspecified atom stereocenters. The summed E-state index contributed by atoms with van der Waals surface area (Å²) in [5.41, 5.74) is 1.94. The van der Waals surface area contributed by atoms with Gasteiger partial charge in [-0.25, -0.2) is 9.59 Å². The van der Waals surface area contributed by atoms with Crippen LogP contribution in [0, 0.1) is 0 Å². The molecule has 0 radical (unpaired) electrons. The van der Waals surface area contributed by atoms with Gasteiger partial charge in [-0.05, 0) is 29.3 Å². The first-order valence-electron chi connectivity index (χ1n) is 6.30. The Morgan fingerprint density at radius 2 is 1.57 bits per heavy atom. The minimum Gasteiger partial charge on any atom is -0.478 e. The summed E-state index contributed by atoms with van der Waals surface area (Å²) in [7, 11) is 1.31. The molecule has 0 atom stereocenters. The zero-order valence-electron chi connectivity index (χ0n) is 11.4. The topological polar surface area (TPSA) is 63.6 Å². The first-order valence-corrected chi connectivity index (χ1v) is 6.30. The summed E-state index contributed by atoms with van der Waals surface area (Å²) in [6, 6.07) is 15.4. The standard InChI is InChI=1S/C17H14O4/c1-21-17(20)14-9-7-12(8-10-14)11-15(16(18)19)13-5-3-2-4-6-13/h2-11H,1H3,(H,18,19)/b15-11-. The molecule has 0 spiro atoms. The predicted molar refractivity (Wildman–Crippen MR) is 79.7 cm³/mol. The van der Waals surface area contributed by atoms with Crippen LogP contribution >= 0.6 is 0 Å². The van der Waals surface area contributed by atoms with Crippen molar-refractivity contribution in [1.29, 1.82) is 0 Å². The summed E-state index contributed by atoms with van der Waals surface area (Å²) in [4.78, 5) is 22.7. The Hall–Kier alpha value is -2.88. The van der Waals surface area contributed by atoms with Crippen LogP contribution in [-0.4, -0.2) is 24.2 Å². The molecule has 4 nitrogen and oxygen atoms in total. The molecule has 0 bridgehead atoms. The lowest BCUT2D eigenvalue weighted by atomic mass is 10.0. The summed E-state index contributed by atoms with van der Waals surface area (Å²) >= 11 is 0. The monoisotopic (exact) mass is 282 g/mol. The number of hydrogen-bond donors (Lipinski definition) is 1. The molecule has 2 rings (SSSR count). The number of rotatable bonds is 4. The van der Waals surface area contributed by atoms with Gasteiger partial charge in [0.05, 0.1) is 18.2 Å². The van der Waals surface area contributed by atoms with Crippen LogP contribution in [-0.2, 0) is 9.53 Å². The molecule has 0 saturated heterocycles. The molecule has 0 amide bonds. The first-order chi connectivity index (χ1) is 10.1. The molecule has 0 heterocycles. The second kappa shape index (κ2) is 6.52. The summed E-state index contributed by atoms with van der Waals surface area (Å²) in [6.07, 6.45) is 1.57. The zero-order valence-corrected chi connectivity index (χ0v) is 11.4. The fourth-order valence-corrected chi connectivity index (χ4v) is 1.89. The third-order valence-corrected chi connectivity index (χ3v) is 2.96. The van der Waals surface area contributed by atoms with Crippen molar-refractivity contribution in [3.8, 4) is 0 Å². The second-order valence-electron chi connectivity index (χ2n) is 4.34. The molecule has 106 valence electrons. The third kappa shape index (κ3) is 3.57. The molecule has 1 N–H and O–H groups in total. The normalized spacial score (nSPS) is 11.0. The van der Waals surface area contributed by atoms with Crippen LogP contribution < -0.4 is 0 Å². The lowest BCUT2D eigenvalue weighted by Crippen LogP contribution is -2.01. The highest BCUT2D eigenvalue weighted by Gasteiger charge is 2.10. The minimum absolute atomic E-state index is 0.196. The number of esters is 1. The number of methoxy groups -OCH3 is 1. The van der Waals surface area contributed by atoms with E-state index in [1.807, 2.05) is 6.07 Å². The molecule has 4 heteroatoms. The summed E-state index contributed by atoms with van der Waals surface area (Å²) in [6.45, 7) is 0. The highest BCUT2D eigenvalue weighted by molar-refractivity contribution is 6.20. The fraction of sp³-hybridized carbons (Fsp3) is 0.0588. The van der Waals surface area contributed by atoms with E-state index in [1.54, 1.807) is 54.6 Å². The van der Waals surface area contributed by atoms with Crippen LogP contribution in [0.1, 0.15) is 21.5 Å². The highest BCUT2D eigenvalue weighted by atomic mass is 16.5. The number of carbonyl (C=O) groups is 2. The molecule has 2 aromatic carbocycles. The Morgan fingerprint density at radius 1 is 0.952 bits per heavy atom. The van der Waals surface area contributed by atoms with Crippen LogP contribution in [0.25, 0.3) is 11.6 Å². The van der Waals surface area contributed by atoms with E-state index < -0.39 is 11.9 Å². The zero-order chi connectivity index (χ0) is 15.2. The second-order valence-corrected chi connectivity index (χ2v) is 4.34. The quantitative estimate of drug-likeness (QED) is 0.531. The number of carbonyl (C=O) groups excluding carboxylic acids is 1. The molecule has 0 fully saturated rings. The Bertz CT molecular complexity index is 670. The van der Waals surface area contributed by atoms with E-state index in [1.165, 1.54) is 7.11 Å². The lowest BCUT2D eigenvalue weighted by molar-refractivity contribution is -0.130. The van der Waals surface area contributed by atoms with Crippen molar-refractivity contribution in [3.05, 3.63) is 71.3 Å². The van der Waals surface area contributed by atoms with Gasteiger partial charge in [0.1, 0.15) is 0 Å². The lowest BCUT2D eigenvalue weighted by Gasteiger charge is -2.04. The Balaban J connectivity index is 2.35. The summed E-state index contributed by atoms with van der Waals surface area (Å²) in [5.74, 6) is -1.43. The molecular formula is C17H14O4. The summed E-state index contributed by atoms with van der Waals surface area (Å²) < 4.78 is 4.62. The maximum absolute atomic E-state index is 11.4. The van der Waals surface area contributed by atoms with Gasteiger partial charge >= 0.3 is 11.9 Å². The van der Waals surface area contributed by atoms with Gasteiger partial charge in [0, 0.05) is 0 Å². The molecule has 0 saturated carbocycles. The van der Waals surface area contributed by atoms with Crippen LogP contribution in [0.5, 0.6) is 0 Å². The van der Waals surface area contributed by atoms with E-state index in [4.69, 9.17) is 0 Å². The Morgan fingerprint density at radius 3 is 2.10 bits per heavy atom. The van der Waals surface area contributed by atoms with Gasteiger partial charge in [-0.15, -0.1) is 0 Å². The summed E-state index contributed by atoms with van der Waals surface area (Å²) in [5, 5.41) is 9.33. The minimum atomic E-state index is -1.00. The van der Waals surface area contributed by atoms with E-state index in [0.717, 1.165) is 0 Å². The number of benzene rings is 2. The van der Waals surface area contributed by atoms with E-state index >= 15 is 0 Å². The van der Waals surface area contributed by atoms with Crippen molar-refractivity contribution in [2.45, 2.75) is 0 Å². The number of hydrogen-bond acceptors (Lipinski definition) is 3. The molecule has 21 heavy (non-hydrogen) atoms. The fourth-order valence-electron chi connectivity index (χ4n) is 1.89. The van der Waals surface area contributed by atoms with Gasteiger partial charge in [0.2, 0.25) is 0 Å². The maximum Gasteiger partial charge on any atom is 0.337 e. The molecular weight excluding hydrogens is 268 g/mol. The van der Waals surface area contributed by atoms with Gasteiger partial charge in [-0.2, -0.15) is 0 Å². The number of aliphatic carboxylic acids is 1. The largest absolute Gasteiger partial charge is 0.478 e. The van der Waals surface area contributed by atoms with Crippen LogP contribution in [0.3, 0.4) is 0 Å². The third-order valence-electron chi connectivity index (χ3n) is 2.96. The number of carboxylic acids is 1. The van der Waals surface area contributed by atoms with Crippen molar-refractivity contribution in [2.24, 2.45) is 0 Å². The Labute approximate surface area is 122 Å². The van der Waals surface area contributed by atoms with E-state index in [0.29, 0.717) is 16.7 Å². The van der Waals surface area contributed by atoms with Crippen molar-refractivity contribution in [3.63, 3.8) is 0 Å². The van der Waals surface area contributed by atoms with Gasteiger partial charge in [-0.3, -0.25) is 0 Å². The average Bonchev–Trinajstić information content (AvgIpc) is 2.53. The maximum atomic E-state index is 11.4. The van der Waals surface area contributed by atoms with Gasteiger partial charge in [0.25, 0.3) is 0 Å². The predicted octanol–water partition coefficient (Wildman–Crippen LogP) is 3.10. The van der Waals surface area contributed by atoms with E-state index in [2.05, 4.69) is 4.74 Å². The average molecular weight is 282 g/mol. The van der Waals surface area contributed by atoms with Crippen molar-refractivity contribution in [1.82, 2.24) is 0 Å². The van der Waals surface area contributed by atoms with Crippen LogP contribution in [0.4, 0.5) is 0 Å². The molecule has 0 aliphatic rings. The van der Waals surface area contributed by atoms with Crippen LogP contribution in [0.2, 0.25) is 0 Å². The van der Waals surface area contributed by atoms with Crippen molar-refractivity contribution >= 4 is 23.6 Å². The molecule has 0 aromatic heterocycles. The molecule has 2 aromatic rings. The highest BCUT2D eigenvalue weighted by Crippen LogP contribution is 2.19. The van der Waals surface area contributed by atoms with Gasteiger partial charge < -0.3 is 9.84 Å². The Kier molecular flexibility index (Phi) is 4.51. The van der Waals surface area contributed by atoms with E-state index in [9.17, 15) is 14.7 Å². The molecule has 0 aliphatic heterocycles. The smallest absolute Gasteiger partial charge is 0.337 e. The van der Waals surface area contributed by atoms with E-state index in [-0.39, 0.29) is 5.57 Å². The first kappa shape index (κ1) is 14.5. The SMILES string of the molecule is COC(=O)c1ccc(/C=C(\C(=O)O)c2ccccc2)cc1. The van der Waals surface area contributed by atoms with Crippen molar-refractivity contribution in [2.75, 3.05) is 7.11 Å². The number of carboxylic acid groups (broad SMARTS) is 1. The number of ether oxygens (including phenoxy) is 1.